The summed E-state index contributed by atoms with van der Waals surface area (Å²) in [6.07, 6.45) is 0. The number of amides is 1. The van der Waals surface area contributed by atoms with Crippen molar-refractivity contribution in [3.05, 3.63) is 29.8 Å². The van der Waals surface area contributed by atoms with E-state index in [1.165, 1.54) is 0 Å². The Balaban J connectivity index is 2.79. The van der Waals surface area contributed by atoms with Gasteiger partial charge in [-0.05, 0) is 37.5 Å². The highest BCUT2D eigenvalue weighted by molar-refractivity contribution is 5.94. The van der Waals surface area contributed by atoms with Crippen LogP contribution in [0, 0.1) is 17.2 Å². The lowest BCUT2D eigenvalue weighted by Crippen LogP contribution is -2.39. The summed E-state index contributed by atoms with van der Waals surface area (Å²) in [5.74, 6) is -0.0981. The van der Waals surface area contributed by atoms with Gasteiger partial charge in [0.05, 0.1) is 17.5 Å². The molecule has 3 N–H and O–H groups in total. The van der Waals surface area contributed by atoms with Gasteiger partial charge in [-0.2, -0.15) is 5.26 Å². The van der Waals surface area contributed by atoms with Gasteiger partial charge >= 0.3 is 0 Å². The van der Waals surface area contributed by atoms with E-state index in [0.717, 1.165) is 5.56 Å². The third-order valence-electron chi connectivity index (χ3n) is 3.17. The van der Waals surface area contributed by atoms with Gasteiger partial charge in [-0.25, -0.2) is 0 Å². The number of nitrogens with zero attached hydrogens (tertiary/aromatic N) is 1. The van der Waals surface area contributed by atoms with Crippen molar-refractivity contribution in [3.63, 3.8) is 0 Å². The maximum absolute atomic E-state index is 11.8. The van der Waals surface area contributed by atoms with Crippen LogP contribution in [0.1, 0.15) is 33.3 Å². The van der Waals surface area contributed by atoms with Crippen LogP contribution in [0.2, 0.25) is 0 Å². The SMILES string of the molecule is CC(C)[C@H](N)C(=O)Nc1ccc(C(C)(C)C#N)cc1. The predicted molar refractivity (Wildman–Crippen MR) is 76.5 cm³/mol. The van der Waals surface area contributed by atoms with Crippen molar-refractivity contribution in [2.24, 2.45) is 11.7 Å². The molecule has 0 saturated carbocycles. The molecule has 0 fully saturated rings. The summed E-state index contributed by atoms with van der Waals surface area (Å²) < 4.78 is 0. The fourth-order valence-corrected chi connectivity index (χ4v) is 1.56. The number of nitrogens with two attached hydrogens (primary N) is 1. The Bertz CT molecular complexity index is 483. The van der Waals surface area contributed by atoms with Crippen LogP contribution in [0.25, 0.3) is 0 Å². The molecule has 1 rings (SSSR count). The quantitative estimate of drug-likeness (QED) is 0.871. The van der Waals surface area contributed by atoms with Crippen LogP contribution in [0.15, 0.2) is 24.3 Å². The van der Waals surface area contributed by atoms with E-state index in [1.807, 2.05) is 39.8 Å². The Kier molecular flexibility index (Phi) is 4.68. The molecule has 1 aromatic carbocycles. The zero-order chi connectivity index (χ0) is 14.6. The molecular formula is C15H21N3O. The van der Waals surface area contributed by atoms with Crippen molar-refractivity contribution in [1.82, 2.24) is 0 Å². The van der Waals surface area contributed by atoms with Gasteiger partial charge in [0.25, 0.3) is 0 Å². The number of carbonyl (C=O) groups excluding carboxylic acids is 1. The molecular weight excluding hydrogens is 238 g/mol. The molecule has 19 heavy (non-hydrogen) atoms. The third-order valence-corrected chi connectivity index (χ3v) is 3.17. The fourth-order valence-electron chi connectivity index (χ4n) is 1.56. The van der Waals surface area contributed by atoms with Gasteiger partial charge in [-0.15, -0.1) is 0 Å². The van der Waals surface area contributed by atoms with Crippen LogP contribution in [-0.2, 0) is 10.2 Å². The van der Waals surface area contributed by atoms with E-state index in [1.54, 1.807) is 12.1 Å². The lowest BCUT2D eigenvalue weighted by molar-refractivity contribution is -0.118. The minimum atomic E-state index is -0.531. The highest BCUT2D eigenvalue weighted by Crippen LogP contribution is 2.23. The summed E-state index contributed by atoms with van der Waals surface area (Å²) in [4.78, 5) is 11.8. The first kappa shape index (κ1) is 15.2. The molecule has 1 atom stereocenters. The molecule has 0 aliphatic carbocycles. The minimum absolute atomic E-state index is 0.0943. The van der Waals surface area contributed by atoms with Crippen LogP contribution in [0.4, 0.5) is 5.69 Å². The van der Waals surface area contributed by atoms with Crippen molar-refractivity contribution in [2.75, 3.05) is 5.32 Å². The van der Waals surface area contributed by atoms with E-state index < -0.39 is 11.5 Å². The molecule has 4 nitrogen and oxygen atoms in total. The number of benzene rings is 1. The summed E-state index contributed by atoms with van der Waals surface area (Å²) in [6.45, 7) is 7.52. The van der Waals surface area contributed by atoms with E-state index in [9.17, 15) is 4.79 Å². The largest absolute Gasteiger partial charge is 0.325 e. The number of hydrogen-bond acceptors (Lipinski definition) is 3. The summed E-state index contributed by atoms with van der Waals surface area (Å²) >= 11 is 0. The highest BCUT2D eigenvalue weighted by atomic mass is 16.2. The van der Waals surface area contributed by atoms with E-state index >= 15 is 0 Å². The second-order valence-electron chi connectivity index (χ2n) is 5.57. The van der Waals surface area contributed by atoms with Crippen LogP contribution >= 0.6 is 0 Å². The number of rotatable bonds is 4. The lowest BCUT2D eigenvalue weighted by Gasteiger charge is -2.18. The van der Waals surface area contributed by atoms with Crippen molar-refractivity contribution >= 4 is 11.6 Å². The highest BCUT2D eigenvalue weighted by Gasteiger charge is 2.20. The van der Waals surface area contributed by atoms with Gasteiger partial charge in [-0.3, -0.25) is 4.79 Å². The minimum Gasteiger partial charge on any atom is -0.325 e. The third kappa shape index (κ3) is 3.80. The molecule has 1 aromatic rings. The average Bonchev–Trinajstić information content (AvgIpc) is 2.38. The zero-order valence-corrected chi connectivity index (χ0v) is 11.9. The smallest absolute Gasteiger partial charge is 0.241 e. The van der Waals surface area contributed by atoms with E-state index in [2.05, 4.69) is 11.4 Å². The standard InChI is InChI=1S/C15H21N3O/c1-10(2)13(17)14(19)18-12-7-5-11(6-8-12)15(3,4)9-16/h5-8,10,13H,17H2,1-4H3,(H,18,19)/t13-/m0/s1. The lowest BCUT2D eigenvalue weighted by atomic mass is 9.86. The molecule has 0 bridgehead atoms. The molecule has 0 aromatic heterocycles. The van der Waals surface area contributed by atoms with Crippen molar-refractivity contribution in [3.8, 4) is 6.07 Å². The van der Waals surface area contributed by atoms with Crippen LogP contribution < -0.4 is 11.1 Å². The molecule has 1 amide bonds. The molecule has 0 heterocycles. The molecule has 0 radical (unpaired) electrons. The Morgan fingerprint density at radius 1 is 1.32 bits per heavy atom. The van der Waals surface area contributed by atoms with E-state index in [4.69, 9.17) is 11.0 Å². The first-order valence-electron chi connectivity index (χ1n) is 6.36. The van der Waals surface area contributed by atoms with Crippen molar-refractivity contribution in [1.29, 1.82) is 5.26 Å². The number of carbonyl (C=O) groups is 1. The topological polar surface area (TPSA) is 78.9 Å². The van der Waals surface area contributed by atoms with Crippen molar-refractivity contribution < 1.29 is 4.79 Å². The maximum Gasteiger partial charge on any atom is 0.241 e. The molecule has 0 aliphatic heterocycles. The second-order valence-corrected chi connectivity index (χ2v) is 5.57. The van der Waals surface area contributed by atoms with Gasteiger partial charge in [0, 0.05) is 5.69 Å². The summed E-state index contributed by atoms with van der Waals surface area (Å²) in [5, 5.41) is 11.8. The average molecular weight is 259 g/mol. The van der Waals surface area contributed by atoms with E-state index in [0.29, 0.717) is 5.69 Å². The van der Waals surface area contributed by atoms with Gasteiger partial charge in [0.2, 0.25) is 5.91 Å². The zero-order valence-electron chi connectivity index (χ0n) is 11.9. The summed E-state index contributed by atoms with van der Waals surface area (Å²) in [5.41, 5.74) is 6.85. The maximum atomic E-state index is 11.8. The molecule has 0 spiro atoms. The number of hydrogen-bond donors (Lipinski definition) is 2. The number of nitriles is 1. The molecule has 0 aliphatic rings. The predicted octanol–water partition coefficient (Wildman–Crippen LogP) is 2.41. The first-order valence-corrected chi connectivity index (χ1v) is 6.36. The molecule has 0 saturated heterocycles. The second kappa shape index (κ2) is 5.85. The van der Waals surface area contributed by atoms with Crippen LogP contribution in [0.3, 0.4) is 0 Å². The number of anilines is 1. The Hall–Kier alpha value is -1.86. The molecule has 4 heteroatoms. The van der Waals surface area contributed by atoms with E-state index in [-0.39, 0.29) is 11.8 Å². The van der Waals surface area contributed by atoms with Gasteiger partial charge in [0.15, 0.2) is 0 Å². The van der Waals surface area contributed by atoms with Gasteiger partial charge in [-0.1, -0.05) is 26.0 Å². The first-order chi connectivity index (χ1) is 8.77. The normalized spacial score (nSPS) is 12.9. The van der Waals surface area contributed by atoms with Gasteiger partial charge < -0.3 is 11.1 Å². The molecule has 0 unspecified atom stereocenters. The monoisotopic (exact) mass is 259 g/mol. The van der Waals surface area contributed by atoms with Crippen molar-refractivity contribution in [2.45, 2.75) is 39.2 Å². The summed E-state index contributed by atoms with van der Waals surface area (Å²) in [6, 6.07) is 9.00. The van der Waals surface area contributed by atoms with Crippen LogP contribution in [-0.4, -0.2) is 11.9 Å². The number of nitrogens with one attached hydrogen (secondary N) is 1. The Labute approximate surface area is 114 Å². The van der Waals surface area contributed by atoms with Crippen LogP contribution in [0.5, 0.6) is 0 Å². The summed E-state index contributed by atoms with van der Waals surface area (Å²) in [7, 11) is 0. The Morgan fingerprint density at radius 3 is 2.26 bits per heavy atom. The Morgan fingerprint density at radius 2 is 1.84 bits per heavy atom. The fraction of sp³-hybridized carbons (Fsp3) is 0.467. The van der Waals surface area contributed by atoms with Gasteiger partial charge in [0.1, 0.15) is 0 Å². The molecule has 102 valence electrons.